The van der Waals surface area contributed by atoms with Gasteiger partial charge in [0.2, 0.25) is 11.9 Å². The number of amides is 1. The smallest absolute Gasteiger partial charge is 0.329 e. The first-order valence-corrected chi connectivity index (χ1v) is 10.4. The molecule has 6 N–H and O–H groups in total. The van der Waals surface area contributed by atoms with Gasteiger partial charge in [0, 0.05) is 26.4 Å². The van der Waals surface area contributed by atoms with Crippen LogP contribution in [0.1, 0.15) is 44.7 Å². The second-order valence-electron chi connectivity index (χ2n) is 8.12. The van der Waals surface area contributed by atoms with Gasteiger partial charge in [0.25, 0.3) is 0 Å². The molecular weight excluding hydrogens is 432 g/mol. The number of carbonyl (C=O) groups is 3. The summed E-state index contributed by atoms with van der Waals surface area (Å²) in [6.45, 7) is 2.52. The lowest BCUT2D eigenvalue weighted by Crippen LogP contribution is -2.53. The fourth-order valence-electron chi connectivity index (χ4n) is 3.28. The highest BCUT2D eigenvalue weighted by molar-refractivity contribution is 5.87. The zero-order valence-electron chi connectivity index (χ0n) is 19.0. The topological polar surface area (TPSA) is 202 Å². The van der Waals surface area contributed by atoms with Gasteiger partial charge in [-0.1, -0.05) is 0 Å². The van der Waals surface area contributed by atoms with Crippen LogP contribution in [0.5, 0.6) is 0 Å². The van der Waals surface area contributed by atoms with Gasteiger partial charge in [-0.2, -0.15) is 9.97 Å². The Bertz CT molecular complexity index is 1030. The summed E-state index contributed by atoms with van der Waals surface area (Å²) in [6.07, 6.45) is 2.48. The molecule has 0 saturated heterocycles. The zero-order chi connectivity index (χ0) is 24.8. The van der Waals surface area contributed by atoms with Crippen molar-refractivity contribution in [3.05, 3.63) is 11.9 Å². The van der Waals surface area contributed by atoms with Crippen molar-refractivity contribution in [1.82, 2.24) is 29.7 Å². The Morgan fingerprint density at radius 3 is 2.39 bits per heavy atom. The molecule has 0 spiro atoms. The molecule has 13 nitrogen and oxygen atoms in total. The molecule has 13 heteroatoms. The van der Waals surface area contributed by atoms with Crippen molar-refractivity contribution in [2.75, 3.05) is 32.1 Å². The van der Waals surface area contributed by atoms with E-state index < -0.39 is 17.5 Å². The van der Waals surface area contributed by atoms with Gasteiger partial charge >= 0.3 is 11.9 Å². The Morgan fingerprint density at radius 2 is 1.76 bits per heavy atom. The molecule has 0 aliphatic heterocycles. The minimum atomic E-state index is -1.57. The van der Waals surface area contributed by atoms with Gasteiger partial charge in [-0.25, -0.2) is 14.8 Å². The second kappa shape index (κ2) is 10.8. The minimum Gasteiger partial charge on any atom is -0.481 e. The van der Waals surface area contributed by atoms with E-state index in [9.17, 15) is 19.5 Å². The van der Waals surface area contributed by atoms with Gasteiger partial charge in [-0.05, 0) is 39.8 Å². The van der Waals surface area contributed by atoms with Crippen LogP contribution in [0.4, 0.5) is 11.8 Å². The van der Waals surface area contributed by atoms with Crippen LogP contribution in [-0.4, -0.2) is 84.0 Å². The summed E-state index contributed by atoms with van der Waals surface area (Å²) in [5.74, 6) is -2.49. The van der Waals surface area contributed by atoms with Gasteiger partial charge < -0.3 is 31.5 Å². The molecule has 0 saturated carbocycles. The number of nitrogens with zero attached hydrogens (tertiary/aromatic N) is 6. The summed E-state index contributed by atoms with van der Waals surface area (Å²) in [7, 11) is 3.29. The molecule has 1 amide bonds. The molecule has 0 unspecified atom stereocenters. The summed E-state index contributed by atoms with van der Waals surface area (Å²) in [6, 6.07) is 0. The summed E-state index contributed by atoms with van der Waals surface area (Å²) >= 11 is 0. The van der Waals surface area contributed by atoms with Crippen LogP contribution in [-0.2, 0) is 20.9 Å². The molecule has 33 heavy (non-hydrogen) atoms. The number of carboxylic acid groups (broad SMARTS) is 2. The number of carboxylic acids is 2. The van der Waals surface area contributed by atoms with E-state index in [1.807, 2.05) is 11.9 Å². The van der Waals surface area contributed by atoms with Gasteiger partial charge in [-0.15, -0.1) is 0 Å². The predicted molar refractivity (Wildman–Crippen MR) is 120 cm³/mol. The van der Waals surface area contributed by atoms with E-state index in [0.29, 0.717) is 42.8 Å². The van der Waals surface area contributed by atoms with Gasteiger partial charge in [-0.3, -0.25) is 9.59 Å². The van der Waals surface area contributed by atoms with Crippen LogP contribution < -0.4 is 11.5 Å². The number of nitrogen functional groups attached to an aromatic ring is 2. The first kappa shape index (κ1) is 25.6. The lowest BCUT2D eigenvalue weighted by molar-refractivity contribution is -0.158. The molecule has 2 aromatic rings. The summed E-state index contributed by atoms with van der Waals surface area (Å²) < 4.78 is 0. The highest BCUT2D eigenvalue weighted by atomic mass is 16.4. The third-order valence-electron chi connectivity index (χ3n) is 5.51. The number of carbonyl (C=O) groups excluding carboxylic acids is 1. The van der Waals surface area contributed by atoms with Gasteiger partial charge in [0.15, 0.2) is 17.0 Å². The fraction of sp³-hybridized carbons (Fsp3) is 0.550. The lowest BCUT2D eigenvalue weighted by Gasteiger charge is -2.35. The standard InChI is InChI=1S/C20H30N8O5/c1-20(18(32)33,8-7-14(30)31)28(3)13(29)6-4-5-9-27(2)11-12-10-23-17-15(24-12)16(21)25-19(22)26-17/h10H,4-9,11H2,1-3H3,(H,30,31)(H,32,33)(H4,21,22,23,25,26)/t20-/m0/s1. The molecule has 2 heterocycles. The van der Waals surface area contributed by atoms with Crippen LogP contribution in [0.2, 0.25) is 0 Å². The highest BCUT2D eigenvalue weighted by Crippen LogP contribution is 2.22. The van der Waals surface area contributed by atoms with E-state index in [-0.39, 0.29) is 36.9 Å². The maximum Gasteiger partial charge on any atom is 0.329 e. The average Bonchev–Trinajstić information content (AvgIpc) is 2.74. The van der Waals surface area contributed by atoms with Crippen LogP contribution in [0.3, 0.4) is 0 Å². The lowest BCUT2D eigenvalue weighted by atomic mass is 9.93. The number of hydrogen-bond acceptors (Lipinski definition) is 10. The van der Waals surface area contributed by atoms with Crippen molar-refractivity contribution < 1.29 is 24.6 Å². The van der Waals surface area contributed by atoms with Gasteiger partial charge in [0.1, 0.15) is 5.54 Å². The Hall–Kier alpha value is -3.61. The molecule has 0 bridgehead atoms. The molecule has 2 aromatic heterocycles. The number of fused-ring (bicyclic) bond motifs is 1. The van der Waals surface area contributed by atoms with E-state index in [1.54, 1.807) is 6.20 Å². The highest BCUT2D eigenvalue weighted by Gasteiger charge is 2.40. The van der Waals surface area contributed by atoms with E-state index in [2.05, 4.69) is 19.9 Å². The summed E-state index contributed by atoms with van der Waals surface area (Å²) in [5, 5.41) is 18.4. The number of rotatable bonds is 12. The predicted octanol–water partition coefficient (Wildman–Crippen LogP) is 0.353. The molecule has 1 atom stereocenters. The third-order valence-corrected chi connectivity index (χ3v) is 5.51. The quantitative estimate of drug-likeness (QED) is 0.316. The second-order valence-corrected chi connectivity index (χ2v) is 8.12. The number of anilines is 2. The normalized spacial score (nSPS) is 13.1. The minimum absolute atomic E-state index is 0.0323. The zero-order valence-corrected chi connectivity index (χ0v) is 19.0. The van der Waals surface area contributed by atoms with Crippen LogP contribution in [0, 0.1) is 0 Å². The monoisotopic (exact) mass is 462 g/mol. The average molecular weight is 463 g/mol. The molecular formula is C20H30N8O5. The molecule has 180 valence electrons. The Balaban J connectivity index is 1.85. The molecule has 0 aromatic carbocycles. The number of nitrogens with two attached hydrogens (primary N) is 2. The maximum atomic E-state index is 12.5. The van der Waals surface area contributed by atoms with Crippen molar-refractivity contribution in [1.29, 1.82) is 0 Å². The molecule has 2 rings (SSSR count). The largest absolute Gasteiger partial charge is 0.481 e. The number of aromatic nitrogens is 4. The fourth-order valence-corrected chi connectivity index (χ4v) is 3.28. The first-order chi connectivity index (χ1) is 15.4. The van der Waals surface area contributed by atoms with Crippen LogP contribution in [0.25, 0.3) is 11.2 Å². The van der Waals surface area contributed by atoms with E-state index in [0.717, 1.165) is 4.90 Å². The molecule has 0 fully saturated rings. The van der Waals surface area contributed by atoms with Gasteiger partial charge in [0.05, 0.1) is 11.9 Å². The van der Waals surface area contributed by atoms with Crippen molar-refractivity contribution >= 4 is 40.8 Å². The van der Waals surface area contributed by atoms with Crippen molar-refractivity contribution in [3.8, 4) is 0 Å². The van der Waals surface area contributed by atoms with E-state index in [1.165, 1.54) is 14.0 Å². The summed E-state index contributed by atoms with van der Waals surface area (Å²) in [5.41, 5.74) is 11.2. The van der Waals surface area contributed by atoms with E-state index in [4.69, 9.17) is 16.6 Å². The third kappa shape index (κ3) is 6.68. The summed E-state index contributed by atoms with van der Waals surface area (Å²) in [4.78, 5) is 54.7. The molecule has 0 aliphatic rings. The molecule has 0 radical (unpaired) electrons. The SMILES string of the molecule is CN(CCCCC(=O)N(C)[C@@](C)(CCC(=O)O)C(=O)O)Cc1cnc2nc(N)nc(N)c2n1. The number of aliphatic carboxylic acids is 2. The number of unbranched alkanes of at least 4 members (excludes halogenated alkanes) is 1. The number of hydrogen-bond donors (Lipinski definition) is 4. The van der Waals surface area contributed by atoms with Crippen molar-refractivity contribution in [2.24, 2.45) is 0 Å². The van der Waals surface area contributed by atoms with E-state index >= 15 is 0 Å². The number of likely N-dealkylation sites (N-methyl/N-ethyl adjacent to an activating group) is 1. The Kier molecular flexibility index (Phi) is 8.40. The first-order valence-electron chi connectivity index (χ1n) is 10.4. The van der Waals surface area contributed by atoms with Crippen LogP contribution >= 0.6 is 0 Å². The molecule has 0 aliphatic carbocycles. The van der Waals surface area contributed by atoms with Crippen LogP contribution in [0.15, 0.2) is 6.20 Å². The Morgan fingerprint density at radius 1 is 1.06 bits per heavy atom. The van der Waals surface area contributed by atoms with Crippen molar-refractivity contribution in [3.63, 3.8) is 0 Å². The maximum absolute atomic E-state index is 12.5. The van der Waals surface area contributed by atoms with Crippen molar-refractivity contribution in [2.45, 2.75) is 51.1 Å². The Labute approximate surface area is 190 Å².